The van der Waals surface area contributed by atoms with Gasteiger partial charge in [0, 0.05) is 11.8 Å². The molecule has 2 aromatic rings. The third-order valence-corrected chi connectivity index (χ3v) is 3.36. The van der Waals surface area contributed by atoms with Crippen LogP contribution in [0.4, 0.5) is 17.1 Å². The topological polar surface area (TPSA) is 115 Å². The van der Waals surface area contributed by atoms with Gasteiger partial charge < -0.3 is 5.73 Å². The van der Waals surface area contributed by atoms with Crippen molar-refractivity contribution in [3.05, 3.63) is 52.6 Å². The van der Waals surface area contributed by atoms with Gasteiger partial charge in [-0.2, -0.15) is 0 Å². The Morgan fingerprint density at radius 2 is 1.67 bits per heavy atom. The van der Waals surface area contributed by atoms with E-state index in [0.717, 1.165) is 11.8 Å². The number of nitro groups is 1. The van der Waals surface area contributed by atoms with Crippen molar-refractivity contribution in [2.45, 2.75) is 0 Å². The molecule has 0 radical (unpaired) electrons. The molecule has 2 aromatic carbocycles. The Balaban J connectivity index is 2.35. The van der Waals surface area contributed by atoms with Crippen molar-refractivity contribution in [3.8, 4) is 11.1 Å². The average molecular weight is 307 g/mol. The molecule has 2 rings (SSSR count). The molecule has 3 N–H and O–H groups in total. The number of anilines is 2. The molecule has 0 saturated carbocycles. The number of nitrogens with zero attached hydrogens (tertiary/aromatic N) is 1. The summed E-state index contributed by atoms with van der Waals surface area (Å²) in [5.74, 6) is 0. The van der Waals surface area contributed by atoms with E-state index in [1.807, 2.05) is 0 Å². The van der Waals surface area contributed by atoms with Gasteiger partial charge in [-0.25, -0.2) is 8.42 Å². The van der Waals surface area contributed by atoms with E-state index >= 15 is 0 Å². The van der Waals surface area contributed by atoms with Gasteiger partial charge >= 0.3 is 0 Å². The van der Waals surface area contributed by atoms with Crippen LogP contribution in [0.2, 0.25) is 0 Å². The molecule has 0 spiro atoms. The van der Waals surface area contributed by atoms with Gasteiger partial charge in [0.15, 0.2) is 0 Å². The zero-order valence-corrected chi connectivity index (χ0v) is 11.9. The van der Waals surface area contributed by atoms with Gasteiger partial charge in [0.25, 0.3) is 5.69 Å². The van der Waals surface area contributed by atoms with Crippen molar-refractivity contribution < 1.29 is 13.3 Å². The monoisotopic (exact) mass is 307 g/mol. The molecular weight excluding hydrogens is 294 g/mol. The van der Waals surface area contributed by atoms with Crippen LogP contribution in [0.15, 0.2) is 42.5 Å². The highest BCUT2D eigenvalue weighted by Crippen LogP contribution is 2.29. The van der Waals surface area contributed by atoms with E-state index in [1.165, 1.54) is 12.1 Å². The second-order valence-electron chi connectivity index (χ2n) is 4.48. The molecule has 0 aromatic heterocycles. The lowest BCUT2D eigenvalue weighted by Crippen LogP contribution is -2.09. The lowest BCUT2D eigenvalue weighted by molar-refractivity contribution is -0.383. The fourth-order valence-corrected chi connectivity index (χ4v) is 2.39. The highest BCUT2D eigenvalue weighted by Gasteiger charge is 2.12. The summed E-state index contributed by atoms with van der Waals surface area (Å²) in [6.45, 7) is 0. The van der Waals surface area contributed by atoms with E-state index in [4.69, 9.17) is 5.73 Å². The van der Waals surface area contributed by atoms with E-state index < -0.39 is 14.9 Å². The standard InChI is InChI=1S/C13H13N3O4S/c1-21(19,20)15-11-5-2-9(3-6-11)10-4-7-12(14)13(8-10)16(17)18/h2-8,15H,14H2,1H3. The summed E-state index contributed by atoms with van der Waals surface area (Å²) in [6.07, 6.45) is 1.06. The van der Waals surface area contributed by atoms with Crippen LogP contribution in [-0.4, -0.2) is 19.6 Å². The predicted octanol–water partition coefficient (Wildman–Crippen LogP) is 2.22. The molecule has 0 atom stereocenters. The quantitative estimate of drug-likeness (QED) is 0.510. The van der Waals surface area contributed by atoms with Crippen LogP contribution in [0.3, 0.4) is 0 Å². The van der Waals surface area contributed by atoms with Gasteiger partial charge in [0.1, 0.15) is 5.69 Å². The number of nitrogens with two attached hydrogens (primary N) is 1. The maximum atomic E-state index is 11.1. The molecule has 0 aliphatic heterocycles. The fourth-order valence-electron chi connectivity index (χ4n) is 1.83. The Bertz CT molecular complexity index is 786. The largest absolute Gasteiger partial charge is 0.393 e. The predicted molar refractivity (Wildman–Crippen MR) is 81.4 cm³/mol. The van der Waals surface area contributed by atoms with Gasteiger partial charge in [-0.3, -0.25) is 14.8 Å². The Morgan fingerprint density at radius 1 is 1.10 bits per heavy atom. The molecule has 0 bridgehead atoms. The van der Waals surface area contributed by atoms with Crippen molar-refractivity contribution in [1.82, 2.24) is 0 Å². The van der Waals surface area contributed by atoms with Gasteiger partial charge in [-0.1, -0.05) is 18.2 Å². The highest BCUT2D eigenvalue weighted by atomic mass is 32.2. The molecule has 21 heavy (non-hydrogen) atoms. The van der Waals surface area contributed by atoms with Crippen LogP contribution in [0.5, 0.6) is 0 Å². The number of hydrogen-bond acceptors (Lipinski definition) is 5. The number of nitrogens with one attached hydrogen (secondary N) is 1. The van der Waals surface area contributed by atoms with Crippen molar-refractivity contribution in [2.75, 3.05) is 16.7 Å². The second-order valence-corrected chi connectivity index (χ2v) is 6.23. The van der Waals surface area contributed by atoms with Crippen LogP contribution in [-0.2, 0) is 10.0 Å². The fraction of sp³-hybridized carbons (Fsp3) is 0.0769. The van der Waals surface area contributed by atoms with E-state index in [2.05, 4.69) is 4.72 Å². The Morgan fingerprint density at radius 3 is 2.19 bits per heavy atom. The number of nitro benzene ring substituents is 1. The normalized spacial score (nSPS) is 11.1. The zero-order chi connectivity index (χ0) is 15.6. The first kappa shape index (κ1) is 14.8. The number of rotatable bonds is 4. The minimum absolute atomic E-state index is 0.0964. The summed E-state index contributed by atoms with van der Waals surface area (Å²) < 4.78 is 24.6. The van der Waals surface area contributed by atoms with E-state index in [9.17, 15) is 18.5 Å². The van der Waals surface area contributed by atoms with Crippen LogP contribution < -0.4 is 10.5 Å². The van der Waals surface area contributed by atoms with Gasteiger partial charge in [-0.15, -0.1) is 0 Å². The van der Waals surface area contributed by atoms with Crippen molar-refractivity contribution >= 4 is 27.1 Å². The molecule has 8 heteroatoms. The molecule has 0 unspecified atom stereocenters. The zero-order valence-electron chi connectivity index (χ0n) is 11.1. The Kier molecular flexibility index (Phi) is 3.81. The Hall–Kier alpha value is -2.61. The van der Waals surface area contributed by atoms with Crippen LogP contribution in [0, 0.1) is 10.1 Å². The number of sulfonamides is 1. The van der Waals surface area contributed by atoms with E-state index in [1.54, 1.807) is 30.3 Å². The van der Waals surface area contributed by atoms with Crippen LogP contribution in [0.25, 0.3) is 11.1 Å². The molecule has 0 saturated heterocycles. The molecule has 110 valence electrons. The Labute approximate surface area is 121 Å². The molecule has 0 aliphatic carbocycles. The molecular formula is C13H13N3O4S. The van der Waals surface area contributed by atoms with Gasteiger partial charge in [0.05, 0.1) is 11.2 Å². The maximum absolute atomic E-state index is 11.1. The number of hydrogen-bond donors (Lipinski definition) is 2. The smallest absolute Gasteiger partial charge is 0.292 e. The lowest BCUT2D eigenvalue weighted by atomic mass is 10.0. The van der Waals surface area contributed by atoms with Crippen LogP contribution in [0.1, 0.15) is 0 Å². The summed E-state index contributed by atoms with van der Waals surface area (Å²) in [6, 6.07) is 11.0. The summed E-state index contributed by atoms with van der Waals surface area (Å²) in [4.78, 5) is 10.3. The third-order valence-electron chi connectivity index (χ3n) is 2.75. The summed E-state index contributed by atoms with van der Waals surface area (Å²) >= 11 is 0. The summed E-state index contributed by atoms with van der Waals surface area (Å²) in [7, 11) is -3.33. The van der Waals surface area contributed by atoms with Crippen molar-refractivity contribution in [2.24, 2.45) is 0 Å². The number of nitrogen functional groups attached to an aromatic ring is 1. The first-order chi connectivity index (χ1) is 9.76. The minimum atomic E-state index is -3.33. The van der Waals surface area contributed by atoms with Crippen molar-refractivity contribution in [1.29, 1.82) is 0 Å². The summed E-state index contributed by atoms with van der Waals surface area (Å²) in [5, 5.41) is 10.9. The van der Waals surface area contributed by atoms with Gasteiger partial charge in [-0.05, 0) is 29.3 Å². The van der Waals surface area contributed by atoms with E-state index in [0.29, 0.717) is 11.3 Å². The van der Waals surface area contributed by atoms with Crippen LogP contribution >= 0.6 is 0 Å². The van der Waals surface area contributed by atoms with Gasteiger partial charge in [0.2, 0.25) is 10.0 Å². The highest BCUT2D eigenvalue weighted by molar-refractivity contribution is 7.92. The number of benzene rings is 2. The minimum Gasteiger partial charge on any atom is -0.393 e. The van der Waals surface area contributed by atoms with E-state index in [-0.39, 0.29) is 11.4 Å². The molecule has 0 fully saturated rings. The molecule has 7 nitrogen and oxygen atoms in total. The lowest BCUT2D eigenvalue weighted by Gasteiger charge is -2.06. The maximum Gasteiger partial charge on any atom is 0.292 e. The molecule has 0 amide bonds. The summed E-state index contributed by atoms with van der Waals surface area (Å²) in [5.41, 5.74) is 7.25. The third kappa shape index (κ3) is 3.69. The SMILES string of the molecule is CS(=O)(=O)Nc1ccc(-c2ccc(N)c([N+](=O)[O-])c2)cc1. The molecule has 0 heterocycles. The second kappa shape index (κ2) is 5.41. The van der Waals surface area contributed by atoms with Crippen molar-refractivity contribution in [3.63, 3.8) is 0 Å². The average Bonchev–Trinajstić information content (AvgIpc) is 2.38. The molecule has 0 aliphatic rings. The first-order valence-electron chi connectivity index (χ1n) is 5.88. The first-order valence-corrected chi connectivity index (χ1v) is 7.77.